The molecule has 0 spiro atoms. The Labute approximate surface area is 135 Å². The molecule has 0 bridgehead atoms. The van der Waals surface area contributed by atoms with Crippen LogP contribution in [0.5, 0.6) is 0 Å². The van der Waals surface area contributed by atoms with Gasteiger partial charge in [-0.3, -0.25) is 23.5 Å². The molecular formula is C15H15N3O4S. The second-order valence-electron chi connectivity index (χ2n) is 5.42. The van der Waals surface area contributed by atoms with Crippen LogP contribution in [0.4, 0.5) is 0 Å². The van der Waals surface area contributed by atoms with E-state index in [9.17, 15) is 19.2 Å². The summed E-state index contributed by atoms with van der Waals surface area (Å²) in [6, 6.07) is 4.09. The zero-order chi connectivity index (χ0) is 16.7. The highest BCUT2D eigenvalue weighted by atomic mass is 32.2. The van der Waals surface area contributed by atoms with Crippen molar-refractivity contribution in [2.75, 3.05) is 5.75 Å². The SMILES string of the molecule is Cn1c(=O)c2cc(C(=O)NC3CCSC3=O)ccc2n(C)c1=O. The van der Waals surface area contributed by atoms with Crippen molar-refractivity contribution >= 4 is 33.7 Å². The third-order valence-electron chi connectivity index (χ3n) is 3.97. The Morgan fingerprint density at radius 1 is 1.22 bits per heavy atom. The van der Waals surface area contributed by atoms with Gasteiger partial charge < -0.3 is 5.32 Å². The third kappa shape index (κ3) is 2.59. The van der Waals surface area contributed by atoms with Crippen molar-refractivity contribution in [2.45, 2.75) is 12.5 Å². The molecule has 120 valence electrons. The van der Waals surface area contributed by atoms with Gasteiger partial charge in [0.2, 0.25) is 5.12 Å². The van der Waals surface area contributed by atoms with Gasteiger partial charge >= 0.3 is 5.69 Å². The summed E-state index contributed by atoms with van der Waals surface area (Å²) < 4.78 is 2.36. The lowest BCUT2D eigenvalue weighted by Crippen LogP contribution is -2.38. The monoisotopic (exact) mass is 333 g/mol. The standard InChI is InChI=1S/C15H15N3O4S/c1-17-11-4-3-8(7-9(11)13(20)18(2)15(17)22)12(19)16-10-5-6-23-14(10)21/h3-4,7,10H,5-6H2,1-2H3,(H,16,19). The van der Waals surface area contributed by atoms with E-state index in [1.54, 1.807) is 19.2 Å². The van der Waals surface area contributed by atoms with E-state index < -0.39 is 23.2 Å². The summed E-state index contributed by atoms with van der Waals surface area (Å²) >= 11 is 1.21. The Kier molecular flexibility index (Phi) is 3.85. The Hall–Kier alpha value is -2.35. The number of nitrogens with zero attached hydrogens (tertiary/aromatic N) is 2. The average molecular weight is 333 g/mol. The predicted octanol–water partition coefficient (Wildman–Crippen LogP) is -0.000900. The van der Waals surface area contributed by atoms with Gasteiger partial charge in [-0.2, -0.15) is 0 Å². The molecule has 1 amide bonds. The molecule has 2 heterocycles. The van der Waals surface area contributed by atoms with Crippen molar-refractivity contribution in [3.8, 4) is 0 Å². The molecule has 23 heavy (non-hydrogen) atoms. The van der Waals surface area contributed by atoms with E-state index in [4.69, 9.17) is 0 Å². The number of carbonyl (C=O) groups is 2. The first-order valence-corrected chi connectivity index (χ1v) is 8.06. The van der Waals surface area contributed by atoms with Gasteiger partial charge in [0.25, 0.3) is 11.5 Å². The normalized spacial score (nSPS) is 17.7. The van der Waals surface area contributed by atoms with Crippen LogP contribution in [0.3, 0.4) is 0 Å². The average Bonchev–Trinajstić information content (AvgIpc) is 2.95. The van der Waals surface area contributed by atoms with Crippen LogP contribution in [0.25, 0.3) is 10.9 Å². The molecule has 1 aliphatic heterocycles. The predicted molar refractivity (Wildman–Crippen MR) is 87.8 cm³/mol. The summed E-state index contributed by atoms with van der Waals surface area (Å²) in [4.78, 5) is 48.0. The maximum Gasteiger partial charge on any atom is 0.330 e. The number of hydrogen-bond acceptors (Lipinski definition) is 5. The minimum Gasteiger partial charge on any atom is -0.341 e. The molecule has 0 saturated carbocycles. The molecule has 1 aromatic carbocycles. The van der Waals surface area contributed by atoms with Crippen molar-refractivity contribution in [1.82, 2.24) is 14.5 Å². The molecule has 7 nitrogen and oxygen atoms in total. The molecule has 1 N–H and O–H groups in total. The number of benzene rings is 1. The van der Waals surface area contributed by atoms with Crippen LogP contribution in [-0.4, -0.2) is 32.0 Å². The molecule has 1 aliphatic rings. The van der Waals surface area contributed by atoms with Gasteiger partial charge in [0.05, 0.1) is 16.9 Å². The lowest BCUT2D eigenvalue weighted by atomic mass is 10.1. The second kappa shape index (κ2) is 5.69. The van der Waals surface area contributed by atoms with Gasteiger partial charge in [-0.15, -0.1) is 0 Å². The summed E-state index contributed by atoms with van der Waals surface area (Å²) in [7, 11) is 2.96. The number of nitrogens with one attached hydrogen (secondary N) is 1. The fourth-order valence-electron chi connectivity index (χ4n) is 2.61. The number of rotatable bonds is 2. The summed E-state index contributed by atoms with van der Waals surface area (Å²) in [5.41, 5.74) is -0.126. The van der Waals surface area contributed by atoms with Crippen LogP contribution >= 0.6 is 11.8 Å². The van der Waals surface area contributed by atoms with Crippen molar-refractivity contribution in [2.24, 2.45) is 14.1 Å². The fourth-order valence-corrected chi connectivity index (χ4v) is 3.54. The van der Waals surface area contributed by atoms with Gasteiger partial charge in [0.1, 0.15) is 0 Å². The fraction of sp³-hybridized carbons (Fsp3) is 0.333. The van der Waals surface area contributed by atoms with Crippen molar-refractivity contribution in [1.29, 1.82) is 0 Å². The molecule has 1 unspecified atom stereocenters. The smallest absolute Gasteiger partial charge is 0.330 e. The van der Waals surface area contributed by atoms with Gasteiger partial charge in [0, 0.05) is 25.4 Å². The molecule has 1 aromatic heterocycles. The van der Waals surface area contributed by atoms with Crippen LogP contribution in [-0.2, 0) is 18.9 Å². The van der Waals surface area contributed by atoms with E-state index in [1.807, 2.05) is 0 Å². The van der Waals surface area contributed by atoms with E-state index in [0.717, 1.165) is 4.57 Å². The minimum atomic E-state index is -0.480. The van der Waals surface area contributed by atoms with Crippen molar-refractivity contribution < 1.29 is 9.59 Å². The van der Waals surface area contributed by atoms with E-state index in [1.165, 1.54) is 29.4 Å². The van der Waals surface area contributed by atoms with Crippen molar-refractivity contribution in [3.05, 3.63) is 44.6 Å². The van der Waals surface area contributed by atoms with Gasteiger partial charge in [-0.1, -0.05) is 11.8 Å². The van der Waals surface area contributed by atoms with Gasteiger partial charge in [0.15, 0.2) is 0 Å². The largest absolute Gasteiger partial charge is 0.341 e. The number of fused-ring (bicyclic) bond motifs is 1. The Bertz CT molecular complexity index is 944. The number of hydrogen-bond donors (Lipinski definition) is 1. The highest BCUT2D eigenvalue weighted by Gasteiger charge is 2.27. The van der Waals surface area contributed by atoms with Gasteiger partial charge in [-0.25, -0.2) is 4.79 Å². The second-order valence-corrected chi connectivity index (χ2v) is 6.52. The van der Waals surface area contributed by atoms with Crippen LogP contribution in [0.2, 0.25) is 0 Å². The van der Waals surface area contributed by atoms with Gasteiger partial charge in [-0.05, 0) is 24.6 Å². The first-order valence-electron chi connectivity index (χ1n) is 7.07. The summed E-state index contributed by atoms with van der Waals surface area (Å²) in [6.07, 6.45) is 0.610. The molecule has 8 heteroatoms. The Morgan fingerprint density at radius 3 is 2.61 bits per heavy atom. The maximum absolute atomic E-state index is 12.3. The quantitative estimate of drug-likeness (QED) is 0.835. The highest BCUT2D eigenvalue weighted by molar-refractivity contribution is 8.14. The topological polar surface area (TPSA) is 90.2 Å². The molecule has 1 fully saturated rings. The Morgan fingerprint density at radius 2 is 1.96 bits per heavy atom. The lowest BCUT2D eigenvalue weighted by Gasteiger charge is -2.12. The summed E-state index contributed by atoms with van der Waals surface area (Å²) in [5.74, 6) is 0.299. The molecule has 2 aromatic rings. The summed E-state index contributed by atoms with van der Waals surface area (Å²) in [5, 5.41) is 2.93. The van der Waals surface area contributed by atoms with Crippen LogP contribution in [0, 0.1) is 0 Å². The zero-order valence-electron chi connectivity index (χ0n) is 12.7. The van der Waals surface area contributed by atoms with Crippen LogP contribution < -0.4 is 16.6 Å². The van der Waals surface area contributed by atoms with Crippen molar-refractivity contribution in [3.63, 3.8) is 0 Å². The van der Waals surface area contributed by atoms with E-state index in [2.05, 4.69) is 5.32 Å². The lowest BCUT2D eigenvalue weighted by molar-refractivity contribution is -0.112. The maximum atomic E-state index is 12.3. The number of aromatic nitrogens is 2. The molecular weight excluding hydrogens is 318 g/mol. The Balaban J connectivity index is 2.03. The van der Waals surface area contributed by atoms with E-state index in [-0.39, 0.29) is 16.1 Å². The molecule has 1 saturated heterocycles. The number of thioether (sulfide) groups is 1. The zero-order valence-corrected chi connectivity index (χ0v) is 13.5. The molecule has 0 radical (unpaired) electrons. The third-order valence-corrected chi connectivity index (χ3v) is 4.98. The number of amides is 1. The highest BCUT2D eigenvalue weighted by Crippen LogP contribution is 2.20. The van der Waals surface area contributed by atoms with Crippen LogP contribution in [0.15, 0.2) is 27.8 Å². The summed E-state index contributed by atoms with van der Waals surface area (Å²) in [6.45, 7) is 0. The number of carbonyl (C=O) groups excluding carboxylic acids is 2. The molecule has 1 atom stereocenters. The van der Waals surface area contributed by atoms with E-state index >= 15 is 0 Å². The number of aryl methyl sites for hydroxylation is 1. The molecule has 0 aliphatic carbocycles. The van der Waals surface area contributed by atoms with Crippen LogP contribution in [0.1, 0.15) is 16.8 Å². The first kappa shape index (κ1) is 15.5. The first-order chi connectivity index (χ1) is 10.9. The van der Waals surface area contributed by atoms with E-state index in [0.29, 0.717) is 17.7 Å². The minimum absolute atomic E-state index is 0.0440. The molecule has 3 rings (SSSR count).